The van der Waals surface area contributed by atoms with Gasteiger partial charge in [0.05, 0.1) is 6.20 Å². The van der Waals surface area contributed by atoms with E-state index in [-0.39, 0.29) is 5.82 Å². The van der Waals surface area contributed by atoms with E-state index in [2.05, 4.69) is 4.98 Å². The molecule has 90 valence electrons. The third-order valence-corrected chi connectivity index (χ3v) is 2.19. The molecule has 4 nitrogen and oxygen atoms in total. The highest BCUT2D eigenvalue weighted by molar-refractivity contribution is 5.94. The van der Waals surface area contributed by atoms with Gasteiger partial charge in [0.25, 0.3) is 0 Å². The summed E-state index contributed by atoms with van der Waals surface area (Å²) in [6.45, 7) is 1.78. The largest absolute Gasteiger partial charge is 0.471 e. The van der Waals surface area contributed by atoms with Crippen molar-refractivity contribution in [3.05, 3.63) is 30.1 Å². The third kappa shape index (κ3) is 2.22. The van der Waals surface area contributed by atoms with Gasteiger partial charge in [-0.2, -0.15) is 13.2 Å². The van der Waals surface area contributed by atoms with Gasteiger partial charge in [0.1, 0.15) is 5.65 Å². The number of fused-ring (bicyclic) bond motifs is 1. The predicted molar refractivity (Wildman–Crippen MR) is 54.6 cm³/mol. The van der Waals surface area contributed by atoms with Crippen LogP contribution in [0.4, 0.5) is 19.0 Å². The zero-order valence-corrected chi connectivity index (χ0v) is 8.75. The number of alkyl halides is 3. The van der Waals surface area contributed by atoms with Crippen molar-refractivity contribution in [1.29, 1.82) is 0 Å². The van der Waals surface area contributed by atoms with Crippen molar-refractivity contribution in [3.8, 4) is 0 Å². The minimum Gasteiger partial charge on any atom is -0.302 e. The van der Waals surface area contributed by atoms with Crippen LogP contribution in [0.5, 0.6) is 0 Å². The monoisotopic (exact) mass is 243 g/mol. The zero-order chi connectivity index (χ0) is 12.6. The van der Waals surface area contributed by atoms with E-state index in [0.29, 0.717) is 5.65 Å². The van der Waals surface area contributed by atoms with Crippen LogP contribution in [0.2, 0.25) is 0 Å². The molecular weight excluding hydrogens is 235 g/mol. The number of hydrogen-bond acceptors (Lipinski definition) is 2. The predicted octanol–water partition coefficient (Wildman–Crippen LogP) is 2.14. The number of nitrogens with zero attached hydrogens (tertiary/aromatic N) is 2. The van der Waals surface area contributed by atoms with Crippen LogP contribution in [-0.4, -0.2) is 21.5 Å². The van der Waals surface area contributed by atoms with E-state index in [1.54, 1.807) is 34.8 Å². The van der Waals surface area contributed by atoms with Gasteiger partial charge in [-0.25, -0.2) is 4.98 Å². The van der Waals surface area contributed by atoms with Crippen molar-refractivity contribution in [2.24, 2.45) is 0 Å². The summed E-state index contributed by atoms with van der Waals surface area (Å²) in [7, 11) is 0. The number of rotatable bonds is 1. The fourth-order valence-corrected chi connectivity index (χ4v) is 1.40. The fourth-order valence-electron chi connectivity index (χ4n) is 1.40. The number of amides is 1. The van der Waals surface area contributed by atoms with Crippen molar-refractivity contribution < 1.29 is 18.0 Å². The molecule has 0 aliphatic carbocycles. The van der Waals surface area contributed by atoms with Crippen LogP contribution in [0, 0.1) is 6.92 Å². The Morgan fingerprint density at radius 1 is 1.41 bits per heavy atom. The van der Waals surface area contributed by atoms with Crippen LogP contribution in [-0.2, 0) is 4.79 Å². The molecule has 2 heterocycles. The molecule has 17 heavy (non-hydrogen) atoms. The van der Waals surface area contributed by atoms with E-state index in [1.807, 2.05) is 0 Å². The number of nitrogens with one attached hydrogen (secondary N) is 1. The molecule has 0 bridgehead atoms. The van der Waals surface area contributed by atoms with Gasteiger partial charge in [0.15, 0.2) is 5.82 Å². The molecule has 7 heteroatoms. The van der Waals surface area contributed by atoms with E-state index in [0.717, 1.165) is 5.69 Å². The number of carbonyl (C=O) groups is 1. The number of pyridine rings is 1. The number of imidazole rings is 1. The Morgan fingerprint density at radius 3 is 2.71 bits per heavy atom. The van der Waals surface area contributed by atoms with Crippen LogP contribution in [0.3, 0.4) is 0 Å². The van der Waals surface area contributed by atoms with E-state index >= 15 is 0 Å². The van der Waals surface area contributed by atoms with E-state index in [4.69, 9.17) is 0 Å². The van der Waals surface area contributed by atoms with Crippen molar-refractivity contribution in [2.75, 3.05) is 5.32 Å². The second-order valence-electron chi connectivity index (χ2n) is 3.47. The SMILES string of the molecule is Cc1cccc2nc(NC(=O)C(F)(F)F)cn12. The summed E-state index contributed by atoms with van der Waals surface area (Å²) in [5, 5.41) is 1.70. The van der Waals surface area contributed by atoms with Gasteiger partial charge in [0.2, 0.25) is 0 Å². The van der Waals surface area contributed by atoms with Gasteiger partial charge in [-0.05, 0) is 19.1 Å². The van der Waals surface area contributed by atoms with Crippen LogP contribution >= 0.6 is 0 Å². The summed E-state index contributed by atoms with van der Waals surface area (Å²) < 4.78 is 37.7. The van der Waals surface area contributed by atoms with Gasteiger partial charge in [-0.1, -0.05) is 6.07 Å². The van der Waals surface area contributed by atoms with Crippen molar-refractivity contribution in [2.45, 2.75) is 13.1 Å². The summed E-state index contributed by atoms with van der Waals surface area (Å²) >= 11 is 0. The first kappa shape index (κ1) is 11.4. The van der Waals surface area contributed by atoms with E-state index < -0.39 is 12.1 Å². The van der Waals surface area contributed by atoms with Gasteiger partial charge >= 0.3 is 12.1 Å². The average Bonchev–Trinajstić information content (AvgIpc) is 2.60. The minimum absolute atomic E-state index is 0.123. The fraction of sp³-hybridized carbons (Fsp3) is 0.200. The molecular formula is C10H8F3N3O. The summed E-state index contributed by atoms with van der Waals surface area (Å²) in [5.74, 6) is -2.15. The minimum atomic E-state index is -4.91. The van der Waals surface area contributed by atoms with Crippen LogP contribution in [0.1, 0.15) is 5.69 Å². The Labute approximate surface area is 94.1 Å². The number of anilines is 1. The molecule has 0 aliphatic rings. The average molecular weight is 243 g/mol. The highest BCUT2D eigenvalue weighted by Gasteiger charge is 2.39. The van der Waals surface area contributed by atoms with Gasteiger partial charge < -0.3 is 9.72 Å². The van der Waals surface area contributed by atoms with E-state index in [9.17, 15) is 18.0 Å². The molecule has 0 saturated carbocycles. The lowest BCUT2D eigenvalue weighted by atomic mass is 10.4. The Kier molecular flexibility index (Phi) is 2.53. The summed E-state index contributed by atoms with van der Waals surface area (Å²) in [4.78, 5) is 14.6. The molecule has 0 fully saturated rings. The zero-order valence-electron chi connectivity index (χ0n) is 8.75. The molecule has 1 N–H and O–H groups in total. The van der Waals surface area contributed by atoms with Crippen molar-refractivity contribution >= 4 is 17.4 Å². The quantitative estimate of drug-likeness (QED) is 0.834. The molecule has 2 rings (SSSR count). The maximum atomic E-state index is 12.0. The molecule has 0 atom stereocenters. The Hall–Kier alpha value is -2.05. The summed E-state index contributed by atoms with van der Waals surface area (Å²) in [5.41, 5.74) is 1.28. The lowest BCUT2D eigenvalue weighted by molar-refractivity contribution is -0.167. The summed E-state index contributed by atoms with van der Waals surface area (Å²) in [6.07, 6.45) is -3.57. The molecule has 0 saturated heterocycles. The van der Waals surface area contributed by atoms with Gasteiger partial charge in [-0.15, -0.1) is 0 Å². The Morgan fingerprint density at radius 2 is 2.12 bits per heavy atom. The first-order valence-corrected chi connectivity index (χ1v) is 4.71. The van der Waals surface area contributed by atoms with Gasteiger partial charge in [-0.3, -0.25) is 4.79 Å². The van der Waals surface area contributed by atoms with Crippen LogP contribution in [0.25, 0.3) is 5.65 Å². The smallest absolute Gasteiger partial charge is 0.302 e. The second-order valence-corrected chi connectivity index (χ2v) is 3.47. The number of carbonyl (C=O) groups excluding carboxylic acids is 1. The Balaban J connectivity index is 2.32. The molecule has 0 spiro atoms. The number of halogens is 3. The number of hydrogen-bond donors (Lipinski definition) is 1. The van der Waals surface area contributed by atoms with Gasteiger partial charge in [0, 0.05) is 5.69 Å². The first-order chi connectivity index (χ1) is 7.88. The van der Waals surface area contributed by atoms with Crippen molar-refractivity contribution in [1.82, 2.24) is 9.38 Å². The van der Waals surface area contributed by atoms with E-state index in [1.165, 1.54) is 6.20 Å². The molecule has 0 aromatic carbocycles. The molecule has 0 unspecified atom stereocenters. The first-order valence-electron chi connectivity index (χ1n) is 4.71. The summed E-state index contributed by atoms with van der Waals surface area (Å²) in [6, 6.07) is 5.15. The standard InChI is InChI=1S/C10H8F3N3O/c1-6-3-2-4-8-14-7(5-16(6)8)15-9(17)10(11,12)13/h2-5H,1H3,(H,15,17). The lowest BCUT2D eigenvalue weighted by Gasteiger charge is -2.04. The number of aromatic nitrogens is 2. The van der Waals surface area contributed by atoms with Crippen LogP contribution < -0.4 is 5.32 Å². The second kappa shape index (κ2) is 3.76. The molecule has 0 radical (unpaired) electrons. The maximum Gasteiger partial charge on any atom is 0.471 e. The highest BCUT2D eigenvalue weighted by atomic mass is 19.4. The normalized spacial score (nSPS) is 11.8. The molecule has 0 aliphatic heterocycles. The maximum absolute atomic E-state index is 12.0. The molecule has 1 amide bonds. The van der Waals surface area contributed by atoms with Crippen molar-refractivity contribution in [3.63, 3.8) is 0 Å². The molecule has 2 aromatic heterocycles. The Bertz CT molecular complexity index is 574. The third-order valence-electron chi connectivity index (χ3n) is 2.19. The van der Waals surface area contributed by atoms with Crippen LogP contribution in [0.15, 0.2) is 24.4 Å². The topological polar surface area (TPSA) is 46.4 Å². The molecule has 2 aromatic rings. The number of aryl methyl sites for hydroxylation is 1. The lowest BCUT2D eigenvalue weighted by Crippen LogP contribution is -2.30. The highest BCUT2D eigenvalue weighted by Crippen LogP contribution is 2.18.